The number of anilines is 1. The topological polar surface area (TPSA) is 65.4 Å². The van der Waals surface area contributed by atoms with Gasteiger partial charge in [0.2, 0.25) is 12.7 Å². The van der Waals surface area contributed by atoms with E-state index in [0.29, 0.717) is 23.6 Å². The van der Waals surface area contributed by atoms with E-state index in [0.717, 1.165) is 0 Å². The smallest absolute Gasteiger partial charge is 0.231 e. The maximum atomic E-state index is 12.0. The number of carbonyl (C=O) groups is 1. The second-order valence-electron chi connectivity index (χ2n) is 4.68. The molecule has 0 aliphatic carbocycles. The number of amides is 1. The van der Waals surface area contributed by atoms with Crippen molar-refractivity contribution in [2.24, 2.45) is 0 Å². The Morgan fingerprint density at radius 3 is 3.10 bits per heavy atom. The Balaban J connectivity index is 1.61. The van der Waals surface area contributed by atoms with E-state index in [2.05, 4.69) is 10.3 Å². The van der Waals surface area contributed by atoms with Crippen molar-refractivity contribution in [1.82, 2.24) is 9.55 Å². The summed E-state index contributed by atoms with van der Waals surface area (Å²) in [5.41, 5.74) is 0.706. The van der Waals surface area contributed by atoms with Gasteiger partial charge in [0.1, 0.15) is 0 Å². The van der Waals surface area contributed by atoms with Crippen LogP contribution in [0.2, 0.25) is 0 Å². The van der Waals surface area contributed by atoms with Crippen LogP contribution in [0.15, 0.2) is 36.9 Å². The zero-order valence-electron chi connectivity index (χ0n) is 11.1. The molecule has 2 heterocycles. The zero-order chi connectivity index (χ0) is 13.9. The summed E-state index contributed by atoms with van der Waals surface area (Å²) < 4.78 is 12.4. The number of fused-ring (bicyclic) bond motifs is 1. The minimum atomic E-state index is -0.0509. The monoisotopic (exact) mass is 273 g/mol. The average Bonchev–Trinajstić information content (AvgIpc) is 3.09. The van der Waals surface area contributed by atoms with Crippen LogP contribution in [0.25, 0.3) is 0 Å². The first kappa shape index (κ1) is 12.5. The van der Waals surface area contributed by atoms with E-state index in [-0.39, 0.29) is 18.7 Å². The first-order valence-electron chi connectivity index (χ1n) is 6.39. The third-order valence-corrected chi connectivity index (χ3v) is 3.17. The minimum Gasteiger partial charge on any atom is -0.454 e. The maximum absolute atomic E-state index is 12.0. The number of nitrogens with zero attached hydrogens (tertiary/aromatic N) is 2. The molecular weight excluding hydrogens is 258 g/mol. The van der Waals surface area contributed by atoms with Crippen molar-refractivity contribution in [3.8, 4) is 11.5 Å². The van der Waals surface area contributed by atoms with Gasteiger partial charge in [0.15, 0.2) is 11.5 Å². The van der Waals surface area contributed by atoms with E-state index in [4.69, 9.17) is 9.47 Å². The molecule has 1 amide bonds. The standard InChI is InChI=1S/C14H15N3O3/c1-10(17-5-4-15-8-17)6-14(18)16-11-2-3-12-13(7-11)20-9-19-12/h2-5,7-8,10H,6,9H2,1H3,(H,16,18)/t10-/m1/s1. The van der Waals surface area contributed by atoms with Gasteiger partial charge in [-0.25, -0.2) is 4.98 Å². The average molecular weight is 273 g/mol. The molecule has 1 aromatic heterocycles. The quantitative estimate of drug-likeness (QED) is 0.927. The molecule has 0 bridgehead atoms. The molecule has 6 nitrogen and oxygen atoms in total. The maximum Gasteiger partial charge on any atom is 0.231 e. The van der Waals surface area contributed by atoms with Crippen molar-refractivity contribution in [2.45, 2.75) is 19.4 Å². The van der Waals surface area contributed by atoms with Gasteiger partial charge in [0, 0.05) is 36.6 Å². The molecule has 0 saturated carbocycles. The largest absolute Gasteiger partial charge is 0.454 e. The molecule has 0 fully saturated rings. The molecule has 104 valence electrons. The molecule has 6 heteroatoms. The molecule has 1 aromatic carbocycles. The predicted octanol–water partition coefficient (Wildman–Crippen LogP) is 2.20. The summed E-state index contributed by atoms with van der Waals surface area (Å²) in [5, 5.41) is 2.86. The van der Waals surface area contributed by atoms with E-state index < -0.39 is 0 Å². The van der Waals surface area contributed by atoms with E-state index in [9.17, 15) is 4.79 Å². The number of imidazole rings is 1. The summed E-state index contributed by atoms with van der Waals surface area (Å²) in [6.45, 7) is 2.20. The normalized spacial score (nSPS) is 14.1. The van der Waals surface area contributed by atoms with Gasteiger partial charge in [-0.1, -0.05) is 0 Å². The summed E-state index contributed by atoms with van der Waals surface area (Å²) in [5.74, 6) is 1.31. The lowest BCUT2D eigenvalue weighted by Crippen LogP contribution is -2.16. The fraction of sp³-hybridized carbons (Fsp3) is 0.286. The van der Waals surface area contributed by atoms with Crippen LogP contribution >= 0.6 is 0 Å². The molecule has 1 aliphatic heterocycles. The van der Waals surface area contributed by atoms with Crippen LogP contribution in [0.3, 0.4) is 0 Å². The number of ether oxygens (including phenoxy) is 2. The molecule has 1 N–H and O–H groups in total. The lowest BCUT2D eigenvalue weighted by Gasteiger charge is -2.13. The number of carbonyl (C=O) groups excluding carboxylic acids is 1. The highest BCUT2D eigenvalue weighted by Crippen LogP contribution is 2.34. The number of rotatable bonds is 4. The van der Waals surface area contributed by atoms with E-state index in [1.807, 2.05) is 17.7 Å². The van der Waals surface area contributed by atoms with Crippen LogP contribution in [0.5, 0.6) is 11.5 Å². The first-order valence-corrected chi connectivity index (χ1v) is 6.39. The highest BCUT2D eigenvalue weighted by molar-refractivity contribution is 5.91. The molecule has 1 aliphatic rings. The van der Waals surface area contributed by atoms with Crippen molar-refractivity contribution < 1.29 is 14.3 Å². The van der Waals surface area contributed by atoms with Crippen LogP contribution in [0, 0.1) is 0 Å². The van der Waals surface area contributed by atoms with E-state index >= 15 is 0 Å². The van der Waals surface area contributed by atoms with Crippen molar-refractivity contribution >= 4 is 11.6 Å². The van der Waals surface area contributed by atoms with Crippen molar-refractivity contribution in [1.29, 1.82) is 0 Å². The summed E-state index contributed by atoms with van der Waals surface area (Å²) in [6, 6.07) is 5.42. The van der Waals surface area contributed by atoms with Gasteiger partial charge in [-0.05, 0) is 19.1 Å². The Morgan fingerprint density at radius 1 is 1.45 bits per heavy atom. The third kappa shape index (κ3) is 2.59. The van der Waals surface area contributed by atoms with Crippen LogP contribution in [-0.2, 0) is 4.79 Å². The van der Waals surface area contributed by atoms with Crippen LogP contribution < -0.4 is 14.8 Å². The number of hydrogen-bond donors (Lipinski definition) is 1. The molecule has 3 rings (SSSR count). The lowest BCUT2D eigenvalue weighted by molar-refractivity contribution is -0.116. The molecular formula is C14H15N3O3. The van der Waals surface area contributed by atoms with Gasteiger partial charge in [-0.15, -0.1) is 0 Å². The van der Waals surface area contributed by atoms with E-state index in [1.54, 1.807) is 30.7 Å². The van der Waals surface area contributed by atoms with E-state index in [1.165, 1.54) is 0 Å². The van der Waals surface area contributed by atoms with Gasteiger partial charge >= 0.3 is 0 Å². The Bertz CT molecular complexity index is 610. The molecule has 0 saturated heterocycles. The molecule has 0 spiro atoms. The molecule has 0 unspecified atom stereocenters. The second kappa shape index (κ2) is 5.24. The highest BCUT2D eigenvalue weighted by Gasteiger charge is 2.15. The predicted molar refractivity (Wildman–Crippen MR) is 72.7 cm³/mol. The number of hydrogen-bond acceptors (Lipinski definition) is 4. The third-order valence-electron chi connectivity index (χ3n) is 3.17. The lowest BCUT2D eigenvalue weighted by atomic mass is 10.2. The second-order valence-corrected chi connectivity index (χ2v) is 4.68. The SMILES string of the molecule is C[C@H](CC(=O)Nc1ccc2c(c1)OCO2)n1ccnc1. The van der Waals surface area contributed by atoms with Gasteiger partial charge in [0.05, 0.1) is 6.33 Å². The van der Waals surface area contributed by atoms with Gasteiger partial charge < -0.3 is 19.4 Å². The fourth-order valence-corrected chi connectivity index (χ4v) is 2.09. The van der Waals surface area contributed by atoms with Crippen LogP contribution in [0.4, 0.5) is 5.69 Å². The van der Waals surface area contributed by atoms with Gasteiger partial charge in [-0.2, -0.15) is 0 Å². The van der Waals surface area contributed by atoms with Crippen LogP contribution in [-0.4, -0.2) is 22.3 Å². The molecule has 2 aromatic rings. The number of benzene rings is 1. The van der Waals surface area contributed by atoms with Gasteiger partial charge in [-0.3, -0.25) is 4.79 Å². The Labute approximate surface area is 116 Å². The Hall–Kier alpha value is -2.50. The number of aromatic nitrogens is 2. The first-order chi connectivity index (χ1) is 9.72. The molecule has 20 heavy (non-hydrogen) atoms. The van der Waals surface area contributed by atoms with Crippen LogP contribution in [0.1, 0.15) is 19.4 Å². The van der Waals surface area contributed by atoms with Gasteiger partial charge in [0.25, 0.3) is 0 Å². The molecule has 1 atom stereocenters. The minimum absolute atomic E-state index is 0.0509. The fourth-order valence-electron chi connectivity index (χ4n) is 2.09. The molecule has 0 radical (unpaired) electrons. The van der Waals surface area contributed by atoms with Crippen molar-refractivity contribution in [2.75, 3.05) is 12.1 Å². The van der Waals surface area contributed by atoms with Crippen molar-refractivity contribution in [3.05, 3.63) is 36.9 Å². The highest BCUT2D eigenvalue weighted by atomic mass is 16.7. The summed E-state index contributed by atoms with van der Waals surface area (Å²) in [7, 11) is 0. The van der Waals surface area contributed by atoms with Crippen molar-refractivity contribution in [3.63, 3.8) is 0 Å². The Morgan fingerprint density at radius 2 is 2.30 bits per heavy atom. The zero-order valence-corrected chi connectivity index (χ0v) is 11.1. The Kier molecular flexibility index (Phi) is 3.28. The summed E-state index contributed by atoms with van der Waals surface area (Å²) >= 11 is 0. The summed E-state index contributed by atoms with van der Waals surface area (Å²) in [4.78, 5) is 16.0. The summed E-state index contributed by atoms with van der Waals surface area (Å²) in [6.07, 6.45) is 5.63. The number of nitrogens with one attached hydrogen (secondary N) is 1.